The standard InChI is InChI=1S/C22H24FN7O/c1-13-9-18-16(10-14(23)11-24-18)19-3-2-7-28(19)20-6-8-29-21(26-20)17(12-25-29)22(31)27-30(13)15-4-5-15/h6,8,10-13,15,19H,2-5,7,9H2,1H3,(H,27,31)/t13-,19+/m0/s1. The molecule has 0 spiro atoms. The van der Waals surface area contributed by atoms with Gasteiger partial charge in [0.15, 0.2) is 5.65 Å². The number of carbonyl (C=O) groups is 1. The Morgan fingerprint density at radius 2 is 2.10 bits per heavy atom. The molecule has 0 aromatic carbocycles. The molecule has 160 valence electrons. The summed E-state index contributed by atoms with van der Waals surface area (Å²) in [6, 6.07) is 3.86. The van der Waals surface area contributed by atoms with Gasteiger partial charge in [-0.25, -0.2) is 18.9 Å². The van der Waals surface area contributed by atoms with E-state index in [1.807, 2.05) is 17.3 Å². The van der Waals surface area contributed by atoms with Crippen LogP contribution in [-0.2, 0) is 6.42 Å². The fourth-order valence-electron chi connectivity index (χ4n) is 4.96. The molecule has 0 unspecified atom stereocenters. The van der Waals surface area contributed by atoms with E-state index in [9.17, 15) is 9.18 Å². The van der Waals surface area contributed by atoms with E-state index in [4.69, 9.17) is 4.98 Å². The van der Waals surface area contributed by atoms with Crippen LogP contribution < -0.4 is 10.3 Å². The van der Waals surface area contributed by atoms with Gasteiger partial charge < -0.3 is 4.90 Å². The first-order valence-electron chi connectivity index (χ1n) is 10.9. The molecule has 3 aromatic heterocycles. The minimum absolute atomic E-state index is 0.00510. The molecule has 1 saturated heterocycles. The molecule has 8 nitrogen and oxygen atoms in total. The lowest BCUT2D eigenvalue weighted by atomic mass is 9.98. The zero-order valence-corrected chi connectivity index (χ0v) is 17.3. The monoisotopic (exact) mass is 421 g/mol. The highest BCUT2D eigenvalue weighted by atomic mass is 19.1. The molecule has 3 aromatic rings. The number of nitrogens with one attached hydrogen (secondary N) is 1. The SMILES string of the molecule is C[C@H]1Cc2ncc(F)cc2[C@H]2CCCN2c2ccn3ncc(c3n2)C(=O)NN1C1CC1. The van der Waals surface area contributed by atoms with E-state index in [-0.39, 0.29) is 23.8 Å². The van der Waals surface area contributed by atoms with Gasteiger partial charge in [0.25, 0.3) is 5.91 Å². The van der Waals surface area contributed by atoms with E-state index in [1.165, 1.54) is 6.20 Å². The number of carbonyl (C=O) groups excluding carboxylic acids is 1. The van der Waals surface area contributed by atoms with Gasteiger partial charge in [-0.15, -0.1) is 0 Å². The molecule has 9 heteroatoms. The fourth-order valence-corrected chi connectivity index (χ4v) is 4.96. The second-order valence-corrected chi connectivity index (χ2v) is 8.79. The van der Waals surface area contributed by atoms with Gasteiger partial charge in [-0.05, 0) is 50.3 Å². The van der Waals surface area contributed by atoms with Gasteiger partial charge in [0.2, 0.25) is 0 Å². The first-order chi connectivity index (χ1) is 15.1. The van der Waals surface area contributed by atoms with E-state index >= 15 is 0 Å². The number of pyridine rings is 1. The summed E-state index contributed by atoms with van der Waals surface area (Å²) >= 11 is 0. The summed E-state index contributed by atoms with van der Waals surface area (Å²) in [5, 5.41) is 6.35. The molecule has 2 aliphatic heterocycles. The lowest BCUT2D eigenvalue weighted by Gasteiger charge is -2.31. The third-order valence-electron chi connectivity index (χ3n) is 6.61. The molecule has 2 bridgehead atoms. The summed E-state index contributed by atoms with van der Waals surface area (Å²) in [5.41, 5.74) is 5.88. The lowest BCUT2D eigenvalue weighted by molar-refractivity contribution is 0.0676. The van der Waals surface area contributed by atoms with Crippen molar-refractivity contribution >= 4 is 17.4 Å². The van der Waals surface area contributed by atoms with Crippen LogP contribution >= 0.6 is 0 Å². The molecule has 3 aliphatic rings. The lowest BCUT2D eigenvalue weighted by Crippen LogP contribution is -2.49. The number of hydrogen-bond acceptors (Lipinski definition) is 6. The molecular weight excluding hydrogens is 397 g/mol. The summed E-state index contributed by atoms with van der Waals surface area (Å²) in [4.78, 5) is 24.7. The van der Waals surface area contributed by atoms with Crippen LogP contribution in [-0.4, -0.2) is 49.1 Å². The van der Waals surface area contributed by atoms with Crippen LogP contribution in [0.5, 0.6) is 0 Å². The maximum absolute atomic E-state index is 14.3. The third-order valence-corrected chi connectivity index (χ3v) is 6.61. The molecule has 2 atom stereocenters. The van der Waals surface area contributed by atoms with E-state index in [0.717, 1.165) is 49.3 Å². The quantitative estimate of drug-likeness (QED) is 0.651. The fraction of sp³-hybridized carbons (Fsp3) is 0.455. The molecule has 2 fully saturated rings. The zero-order valence-electron chi connectivity index (χ0n) is 17.3. The molecule has 1 N–H and O–H groups in total. The highest BCUT2D eigenvalue weighted by Crippen LogP contribution is 2.38. The number of nitrogens with zero attached hydrogens (tertiary/aromatic N) is 6. The van der Waals surface area contributed by atoms with Crippen molar-refractivity contribution in [1.82, 2.24) is 30.0 Å². The average Bonchev–Trinajstić information content (AvgIpc) is 3.32. The molecular formula is C22H24FN7O. The molecule has 0 radical (unpaired) electrons. The van der Waals surface area contributed by atoms with Crippen molar-refractivity contribution in [3.05, 3.63) is 53.4 Å². The summed E-state index contributed by atoms with van der Waals surface area (Å²) in [5.74, 6) is 0.241. The molecule has 1 amide bonds. The average molecular weight is 421 g/mol. The second-order valence-electron chi connectivity index (χ2n) is 8.79. The Morgan fingerprint density at radius 1 is 1.23 bits per heavy atom. The Labute approximate surface area is 179 Å². The first-order valence-corrected chi connectivity index (χ1v) is 10.9. The smallest absolute Gasteiger partial charge is 0.271 e. The minimum atomic E-state index is -0.323. The Morgan fingerprint density at radius 3 is 2.94 bits per heavy atom. The Kier molecular flexibility index (Phi) is 4.21. The van der Waals surface area contributed by atoms with Crippen LogP contribution in [0, 0.1) is 5.82 Å². The Balaban J connectivity index is 1.53. The summed E-state index contributed by atoms with van der Waals surface area (Å²) < 4.78 is 15.9. The number of amides is 1. The van der Waals surface area contributed by atoms with Crippen molar-refractivity contribution in [3.63, 3.8) is 0 Å². The predicted molar refractivity (Wildman–Crippen MR) is 112 cm³/mol. The van der Waals surface area contributed by atoms with Crippen LogP contribution in [0.3, 0.4) is 0 Å². The van der Waals surface area contributed by atoms with Crippen molar-refractivity contribution in [3.8, 4) is 0 Å². The van der Waals surface area contributed by atoms with E-state index in [0.29, 0.717) is 23.7 Å². The van der Waals surface area contributed by atoms with Gasteiger partial charge in [-0.3, -0.25) is 15.2 Å². The first kappa shape index (κ1) is 18.7. The molecule has 6 rings (SSSR count). The summed E-state index contributed by atoms with van der Waals surface area (Å²) in [6.07, 6.45) is 9.32. The van der Waals surface area contributed by atoms with Crippen LogP contribution in [0.25, 0.3) is 5.65 Å². The normalized spacial score (nSPS) is 24.3. The second kappa shape index (κ2) is 6.98. The number of hydrazine groups is 1. The highest BCUT2D eigenvalue weighted by molar-refractivity contribution is 5.99. The van der Waals surface area contributed by atoms with E-state index in [2.05, 4.69) is 27.3 Å². The predicted octanol–water partition coefficient (Wildman–Crippen LogP) is 2.66. The third kappa shape index (κ3) is 3.15. The van der Waals surface area contributed by atoms with Crippen molar-refractivity contribution in [2.75, 3.05) is 11.4 Å². The highest BCUT2D eigenvalue weighted by Gasteiger charge is 2.36. The Hall–Kier alpha value is -3.07. The maximum Gasteiger partial charge on any atom is 0.271 e. The van der Waals surface area contributed by atoms with Gasteiger partial charge >= 0.3 is 0 Å². The molecule has 1 saturated carbocycles. The molecule has 5 heterocycles. The van der Waals surface area contributed by atoms with Crippen LogP contribution in [0.15, 0.2) is 30.7 Å². The van der Waals surface area contributed by atoms with Crippen molar-refractivity contribution in [2.45, 2.75) is 57.2 Å². The summed E-state index contributed by atoms with van der Waals surface area (Å²) in [7, 11) is 0. The number of aromatic nitrogens is 4. The minimum Gasteiger partial charge on any atom is -0.349 e. The van der Waals surface area contributed by atoms with Crippen molar-refractivity contribution < 1.29 is 9.18 Å². The van der Waals surface area contributed by atoms with E-state index < -0.39 is 0 Å². The maximum atomic E-state index is 14.3. The number of halogens is 1. The van der Waals surface area contributed by atoms with Gasteiger partial charge in [0, 0.05) is 36.9 Å². The number of rotatable bonds is 1. The van der Waals surface area contributed by atoms with Crippen molar-refractivity contribution in [2.24, 2.45) is 0 Å². The van der Waals surface area contributed by atoms with E-state index in [1.54, 1.807) is 16.8 Å². The van der Waals surface area contributed by atoms with Gasteiger partial charge in [-0.2, -0.15) is 5.10 Å². The summed E-state index contributed by atoms with van der Waals surface area (Å²) in [6.45, 7) is 2.91. The molecule has 31 heavy (non-hydrogen) atoms. The number of hydrogen-bond donors (Lipinski definition) is 1. The number of fused-ring (bicyclic) bond motifs is 5. The largest absolute Gasteiger partial charge is 0.349 e. The molecule has 1 aliphatic carbocycles. The number of anilines is 1. The topological polar surface area (TPSA) is 78.7 Å². The van der Waals surface area contributed by atoms with Gasteiger partial charge in [0.1, 0.15) is 17.2 Å². The van der Waals surface area contributed by atoms with Crippen molar-refractivity contribution in [1.29, 1.82) is 0 Å². The zero-order chi connectivity index (χ0) is 21.1. The van der Waals surface area contributed by atoms with Crippen LogP contribution in [0.4, 0.5) is 10.2 Å². The van der Waals surface area contributed by atoms with Gasteiger partial charge in [0.05, 0.1) is 18.4 Å². The van der Waals surface area contributed by atoms with Crippen LogP contribution in [0.2, 0.25) is 0 Å². The van der Waals surface area contributed by atoms with Gasteiger partial charge in [-0.1, -0.05) is 0 Å². The Bertz CT molecular complexity index is 1170. The van der Waals surface area contributed by atoms with Crippen LogP contribution in [0.1, 0.15) is 60.3 Å².